The highest BCUT2D eigenvalue weighted by molar-refractivity contribution is 6.35. The molecule has 0 saturated carbocycles. The minimum absolute atomic E-state index is 0.124. The zero-order valence-corrected chi connectivity index (χ0v) is 22.5. The van der Waals surface area contributed by atoms with E-state index in [4.69, 9.17) is 28.2 Å². The summed E-state index contributed by atoms with van der Waals surface area (Å²) in [5, 5.41) is 10.4. The molecule has 4 nitrogen and oxygen atoms in total. The molecule has 4 aromatic rings. The Hall–Kier alpha value is -3.81. The number of carboxylic acids is 1. The number of rotatable bonds is 7. The predicted molar refractivity (Wildman–Crippen MR) is 150 cm³/mol. The van der Waals surface area contributed by atoms with Gasteiger partial charge in [-0.3, -0.25) is 0 Å². The van der Waals surface area contributed by atoms with Crippen LogP contribution in [0.5, 0.6) is 0 Å². The number of hydrogen-bond donors (Lipinski definition) is 1. The van der Waals surface area contributed by atoms with E-state index in [9.17, 15) is 23.1 Å². The highest BCUT2D eigenvalue weighted by Crippen LogP contribution is 2.36. The molecule has 5 rings (SSSR count). The maximum atomic E-state index is 12.9. The number of halogens is 5. The van der Waals surface area contributed by atoms with Gasteiger partial charge < -0.3 is 9.67 Å². The van der Waals surface area contributed by atoms with Crippen LogP contribution in [0.3, 0.4) is 0 Å². The largest absolute Gasteiger partial charge is 0.478 e. The summed E-state index contributed by atoms with van der Waals surface area (Å²) in [5.41, 5.74) is 3.73. The molecule has 0 fully saturated rings. The van der Waals surface area contributed by atoms with Crippen LogP contribution in [0.15, 0.2) is 101 Å². The summed E-state index contributed by atoms with van der Waals surface area (Å²) in [6.45, 7) is 0.483. The molecule has 9 heteroatoms. The summed E-state index contributed by atoms with van der Waals surface area (Å²) in [4.78, 5) is 16.2. The van der Waals surface area contributed by atoms with E-state index in [1.165, 1.54) is 12.1 Å². The Morgan fingerprint density at radius 3 is 2.10 bits per heavy atom. The average molecular weight is 583 g/mol. The Morgan fingerprint density at radius 1 is 0.925 bits per heavy atom. The summed E-state index contributed by atoms with van der Waals surface area (Å²) < 4.78 is 40.8. The molecule has 1 aliphatic rings. The lowest BCUT2D eigenvalue weighted by molar-refractivity contribution is -0.137. The minimum atomic E-state index is -4.37. The van der Waals surface area contributed by atoms with E-state index in [1.54, 1.807) is 30.3 Å². The van der Waals surface area contributed by atoms with Crippen LogP contribution in [0.1, 0.15) is 50.9 Å². The number of hydrogen-bond acceptors (Lipinski definition) is 2. The summed E-state index contributed by atoms with van der Waals surface area (Å²) >= 11 is 12.6. The van der Waals surface area contributed by atoms with Crippen molar-refractivity contribution in [1.29, 1.82) is 0 Å². The zero-order chi connectivity index (χ0) is 28.4. The number of carbonyl (C=O) groups is 1. The number of benzene rings is 3. The van der Waals surface area contributed by atoms with Crippen molar-refractivity contribution >= 4 is 29.2 Å². The van der Waals surface area contributed by atoms with E-state index in [2.05, 4.69) is 0 Å². The van der Waals surface area contributed by atoms with Gasteiger partial charge in [-0.1, -0.05) is 77.8 Å². The second-order valence-electron chi connectivity index (χ2n) is 9.57. The molecule has 0 saturated heterocycles. The number of nitrogens with zero attached hydrogens (tertiary/aromatic N) is 2. The normalized spacial score (nSPS) is 15.5. The fourth-order valence-electron chi connectivity index (χ4n) is 4.62. The average Bonchev–Trinajstić information content (AvgIpc) is 3.30. The Bertz CT molecular complexity index is 1590. The topological polar surface area (TPSA) is 55.1 Å². The van der Waals surface area contributed by atoms with Gasteiger partial charge in [-0.2, -0.15) is 13.2 Å². The lowest BCUT2D eigenvalue weighted by Gasteiger charge is -2.15. The van der Waals surface area contributed by atoms with Gasteiger partial charge in [0.15, 0.2) is 0 Å². The molecule has 3 aromatic carbocycles. The Morgan fingerprint density at radius 2 is 1.52 bits per heavy atom. The highest BCUT2D eigenvalue weighted by atomic mass is 35.5. The second kappa shape index (κ2) is 11.4. The number of aromatic carboxylic acids is 1. The molecule has 1 aliphatic carbocycles. The van der Waals surface area contributed by atoms with E-state index in [0.29, 0.717) is 35.0 Å². The monoisotopic (exact) mass is 582 g/mol. The van der Waals surface area contributed by atoms with Crippen molar-refractivity contribution in [3.8, 4) is 11.1 Å². The molecule has 0 amide bonds. The van der Waals surface area contributed by atoms with Crippen LogP contribution in [-0.4, -0.2) is 20.6 Å². The number of carboxylic acid groups (broad SMARTS) is 1. The van der Waals surface area contributed by atoms with E-state index >= 15 is 0 Å². The van der Waals surface area contributed by atoms with Crippen LogP contribution in [0, 0.1) is 0 Å². The molecule has 1 heterocycles. The van der Waals surface area contributed by atoms with Crippen LogP contribution >= 0.6 is 23.2 Å². The predicted octanol–water partition coefficient (Wildman–Crippen LogP) is 8.64. The third-order valence-corrected chi connectivity index (χ3v) is 7.44. The van der Waals surface area contributed by atoms with Crippen LogP contribution in [0.25, 0.3) is 11.1 Å². The third kappa shape index (κ3) is 6.32. The standard InChI is InChI=1S/C31H23Cl2F3N2O2/c32-25-13-14-26(27(33)16-25)28-18-38(17-20-3-7-23(8-4-20)30(39)40)29(37-28)15-19-1-5-21(6-2-19)22-9-11-24(12-10-22)31(34,35)36/h1-13,16,18,26H,14-15,17H2,(H,39,40). The van der Waals surface area contributed by atoms with Gasteiger partial charge in [0.2, 0.25) is 0 Å². The molecule has 0 bridgehead atoms. The van der Waals surface area contributed by atoms with Gasteiger partial charge in [0.25, 0.3) is 0 Å². The van der Waals surface area contributed by atoms with Gasteiger partial charge in [0.05, 0.1) is 16.8 Å². The Labute approximate surface area is 239 Å². The Kier molecular flexibility index (Phi) is 7.88. The van der Waals surface area contributed by atoms with Crippen LogP contribution in [-0.2, 0) is 19.1 Å². The maximum absolute atomic E-state index is 12.9. The molecule has 1 N–H and O–H groups in total. The van der Waals surface area contributed by atoms with Crippen molar-refractivity contribution < 1.29 is 23.1 Å². The lowest BCUT2D eigenvalue weighted by atomic mass is 9.97. The van der Waals surface area contributed by atoms with Gasteiger partial charge >= 0.3 is 12.1 Å². The van der Waals surface area contributed by atoms with Crippen LogP contribution in [0.4, 0.5) is 13.2 Å². The van der Waals surface area contributed by atoms with E-state index in [-0.39, 0.29) is 11.5 Å². The van der Waals surface area contributed by atoms with Gasteiger partial charge in [0.1, 0.15) is 5.82 Å². The van der Waals surface area contributed by atoms with Crippen LogP contribution in [0.2, 0.25) is 0 Å². The minimum Gasteiger partial charge on any atom is -0.478 e. The summed E-state index contributed by atoms with van der Waals surface area (Å²) in [6.07, 6.45) is 2.35. The fourth-order valence-corrected chi connectivity index (χ4v) is 5.20. The summed E-state index contributed by atoms with van der Waals surface area (Å²) in [6, 6.07) is 19.4. The SMILES string of the molecule is O=C(O)c1ccc(Cn2cc(C3CC=C(Cl)C=C3Cl)nc2Cc2ccc(-c3ccc(C(F)(F)F)cc3)cc2)cc1. The number of allylic oxidation sites excluding steroid dienone is 4. The van der Waals surface area contributed by atoms with Gasteiger partial charge in [-0.25, -0.2) is 9.78 Å². The smallest absolute Gasteiger partial charge is 0.416 e. The van der Waals surface area contributed by atoms with Crippen molar-refractivity contribution in [2.45, 2.75) is 31.5 Å². The highest BCUT2D eigenvalue weighted by Gasteiger charge is 2.30. The van der Waals surface area contributed by atoms with Gasteiger partial charge in [0, 0.05) is 35.1 Å². The van der Waals surface area contributed by atoms with Crippen molar-refractivity contribution in [1.82, 2.24) is 9.55 Å². The third-order valence-electron chi connectivity index (χ3n) is 6.81. The molecular weight excluding hydrogens is 560 g/mol. The molecular formula is C31H23Cl2F3N2O2. The quantitative estimate of drug-likeness (QED) is 0.237. The van der Waals surface area contributed by atoms with Crippen molar-refractivity contribution in [2.24, 2.45) is 0 Å². The molecule has 1 unspecified atom stereocenters. The Balaban J connectivity index is 1.40. The molecule has 0 spiro atoms. The molecule has 40 heavy (non-hydrogen) atoms. The van der Waals surface area contributed by atoms with Crippen LogP contribution < -0.4 is 0 Å². The summed E-state index contributed by atoms with van der Waals surface area (Å²) in [7, 11) is 0. The lowest BCUT2D eigenvalue weighted by Crippen LogP contribution is -2.06. The molecule has 1 aromatic heterocycles. The zero-order valence-electron chi connectivity index (χ0n) is 21.0. The molecule has 204 valence electrons. The first-order valence-electron chi connectivity index (χ1n) is 12.4. The first-order valence-corrected chi connectivity index (χ1v) is 13.2. The van der Waals surface area contributed by atoms with Gasteiger partial charge in [-0.05, 0) is 59.0 Å². The molecule has 0 aliphatic heterocycles. The fraction of sp³-hybridized carbons (Fsp3) is 0.161. The van der Waals surface area contributed by atoms with Gasteiger partial charge in [-0.15, -0.1) is 0 Å². The van der Waals surface area contributed by atoms with Crippen molar-refractivity contribution in [3.63, 3.8) is 0 Å². The maximum Gasteiger partial charge on any atom is 0.416 e. The molecule has 0 radical (unpaired) electrons. The van der Waals surface area contributed by atoms with Crippen molar-refractivity contribution in [3.05, 3.63) is 135 Å². The number of imidazole rings is 1. The second-order valence-corrected chi connectivity index (χ2v) is 10.4. The first kappa shape index (κ1) is 27.7. The van der Waals surface area contributed by atoms with E-state index < -0.39 is 17.7 Å². The first-order chi connectivity index (χ1) is 19.1. The van der Waals surface area contributed by atoms with Crippen molar-refractivity contribution in [2.75, 3.05) is 0 Å². The van der Waals surface area contributed by atoms with E-state index in [1.807, 2.05) is 41.1 Å². The number of aromatic nitrogens is 2. The molecule has 1 atom stereocenters. The van der Waals surface area contributed by atoms with E-state index in [0.717, 1.165) is 40.3 Å². The summed E-state index contributed by atoms with van der Waals surface area (Å²) in [5.74, 6) is -0.312. The number of alkyl halides is 3.